The normalized spacial score (nSPS) is 11.4. The molecule has 0 heterocycles. The Balaban J connectivity index is 3.91. The first kappa shape index (κ1) is 14.4. The molecule has 0 aliphatic carbocycles. The van der Waals surface area contributed by atoms with Crippen LogP contribution in [-0.4, -0.2) is 45.1 Å². The molecule has 15 heavy (non-hydrogen) atoms. The number of carbonyl (C=O) groups excluding carboxylic acids is 1. The van der Waals surface area contributed by atoms with Gasteiger partial charge in [0.2, 0.25) is 15.9 Å². The van der Waals surface area contributed by atoms with Crippen LogP contribution >= 0.6 is 0 Å². The Bertz CT molecular complexity index is 288. The number of unbranched alkanes of at least 4 members (excludes halogenated alkanes) is 1. The van der Waals surface area contributed by atoms with E-state index >= 15 is 0 Å². The van der Waals surface area contributed by atoms with Crippen LogP contribution in [0.4, 0.5) is 0 Å². The molecule has 0 bridgehead atoms. The van der Waals surface area contributed by atoms with E-state index in [0.717, 1.165) is 19.1 Å². The molecule has 0 rings (SSSR count). The van der Waals surface area contributed by atoms with E-state index in [-0.39, 0.29) is 12.5 Å². The van der Waals surface area contributed by atoms with Crippen molar-refractivity contribution in [2.75, 3.05) is 25.9 Å². The highest BCUT2D eigenvalue weighted by atomic mass is 32.2. The molecule has 0 aromatic carbocycles. The van der Waals surface area contributed by atoms with Gasteiger partial charge in [0.05, 0.1) is 6.26 Å². The van der Waals surface area contributed by atoms with Gasteiger partial charge in [0, 0.05) is 26.6 Å². The SMILES string of the molecule is CCCCN(CCNS(C)(=O)=O)C(C)=O. The number of carbonyl (C=O) groups is 1. The van der Waals surface area contributed by atoms with Crippen LogP contribution in [0, 0.1) is 0 Å². The molecule has 0 spiro atoms. The van der Waals surface area contributed by atoms with Crippen molar-refractivity contribution in [3.63, 3.8) is 0 Å². The third-order valence-electron chi connectivity index (χ3n) is 1.97. The molecule has 0 unspecified atom stereocenters. The maximum absolute atomic E-state index is 11.2. The minimum atomic E-state index is -3.15. The van der Waals surface area contributed by atoms with Gasteiger partial charge in [-0.05, 0) is 6.42 Å². The summed E-state index contributed by atoms with van der Waals surface area (Å²) in [6, 6.07) is 0. The summed E-state index contributed by atoms with van der Waals surface area (Å²) in [6.07, 6.45) is 3.07. The number of nitrogens with one attached hydrogen (secondary N) is 1. The topological polar surface area (TPSA) is 66.5 Å². The Morgan fingerprint density at radius 3 is 2.33 bits per heavy atom. The number of sulfonamides is 1. The lowest BCUT2D eigenvalue weighted by Crippen LogP contribution is -2.37. The van der Waals surface area contributed by atoms with Gasteiger partial charge < -0.3 is 4.90 Å². The smallest absolute Gasteiger partial charge is 0.219 e. The van der Waals surface area contributed by atoms with Crippen molar-refractivity contribution < 1.29 is 13.2 Å². The van der Waals surface area contributed by atoms with Gasteiger partial charge in [0.25, 0.3) is 0 Å². The van der Waals surface area contributed by atoms with Crippen LogP contribution in [0.1, 0.15) is 26.7 Å². The number of hydrogen-bond acceptors (Lipinski definition) is 3. The maximum atomic E-state index is 11.2. The van der Waals surface area contributed by atoms with E-state index in [0.29, 0.717) is 13.1 Å². The summed E-state index contributed by atoms with van der Waals surface area (Å²) in [7, 11) is -3.15. The first-order chi connectivity index (χ1) is 6.87. The van der Waals surface area contributed by atoms with E-state index < -0.39 is 10.0 Å². The van der Waals surface area contributed by atoms with Crippen molar-refractivity contribution in [3.8, 4) is 0 Å². The predicted molar refractivity (Wildman–Crippen MR) is 60.0 cm³/mol. The summed E-state index contributed by atoms with van der Waals surface area (Å²) in [5.41, 5.74) is 0. The molecular formula is C9H20N2O3S. The highest BCUT2D eigenvalue weighted by molar-refractivity contribution is 7.88. The zero-order chi connectivity index (χ0) is 11.9. The Kier molecular flexibility index (Phi) is 6.51. The average molecular weight is 236 g/mol. The van der Waals surface area contributed by atoms with Crippen LogP contribution in [0.25, 0.3) is 0 Å². The zero-order valence-corrected chi connectivity index (χ0v) is 10.4. The summed E-state index contributed by atoms with van der Waals surface area (Å²) in [6.45, 7) is 4.95. The molecule has 0 radical (unpaired) electrons. The van der Waals surface area contributed by atoms with Gasteiger partial charge in [-0.1, -0.05) is 13.3 Å². The van der Waals surface area contributed by atoms with Crippen LogP contribution < -0.4 is 4.72 Å². The molecule has 0 aromatic heterocycles. The zero-order valence-electron chi connectivity index (χ0n) is 9.62. The lowest BCUT2D eigenvalue weighted by molar-refractivity contribution is -0.128. The lowest BCUT2D eigenvalue weighted by Gasteiger charge is -2.20. The minimum Gasteiger partial charge on any atom is -0.342 e. The fourth-order valence-electron chi connectivity index (χ4n) is 1.14. The monoisotopic (exact) mass is 236 g/mol. The molecule has 1 N–H and O–H groups in total. The van der Waals surface area contributed by atoms with Crippen molar-refractivity contribution in [3.05, 3.63) is 0 Å². The second kappa shape index (κ2) is 6.79. The third-order valence-corrected chi connectivity index (χ3v) is 2.70. The highest BCUT2D eigenvalue weighted by Crippen LogP contribution is 1.95. The van der Waals surface area contributed by atoms with Crippen LogP contribution in [0.15, 0.2) is 0 Å². The van der Waals surface area contributed by atoms with Gasteiger partial charge in [-0.2, -0.15) is 0 Å². The fraction of sp³-hybridized carbons (Fsp3) is 0.889. The maximum Gasteiger partial charge on any atom is 0.219 e. The second-order valence-electron chi connectivity index (χ2n) is 3.53. The first-order valence-electron chi connectivity index (χ1n) is 5.07. The van der Waals surface area contributed by atoms with Crippen molar-refractivity contribution >= 4 is 15.9 Å². The standard InChI is InChI=1S/C9H20N2O3S/c1-4-5-7-11(9(2)12)8-6-10-15(3,13)14/h10H,4-8H2,1-3H3. The molecule has 6 heteroatoms. The van der Waals surface area contributed by atoms with Crippen LogP contribution in [-0.2, 0) is 14.8 Å². The summed E-state index contributed by atoms with van der Waals surface area (Å²) < 4.78 is 23.9. The van der Waals surface area contributed by atoms with Crippen molar-refractivity contribution in [1.29, 1.82) is 0 Å². The average Bonchev–Trinajstić information content (AvgIpc) is 2.08. The molecule has 0 aromatic rings. The van der Waals surface area contributed by atoms with Crippen LogP contribution in [0.3, 0.4) is 0 Å². The number of amides is 1. The largest absolute Gasteiger partial charge is 0.342 e. The quantitative estimate of drug-likeness (QED) is 0.686. The lowest BCUT2D eigenvalue weighted by atomic mass is 10.3. The highest BCUT2D eigenvalue weighted by Gasteiger charge is 2.08. The van der Waals surface area contributed by atoms with E-state index in [9.17, 15) is 13.2 Å². The molecule has 0 atom stereocenters. The molecule has 0 aliphatic rings. The van der Waals surface area contributed by atoms with Crippen molar-refractivity contribution in [2.24, 2.45) is 0 Å². The molecule has 5 nitrogen and oxygen atoms in total. The van der Waals surface area contributed by atoms with E-state index in [2.05, 4.69) is 4.72 Å². The molecule has 0 saturated heterocycles. The van der Waals surface area contributed by atoms with Gasteiger partial charge in [-0.25, -0.2) is 13.1 Å². The molecule has 90 valence electrons. The number of nitrogens with zero attached hydrogens (tertiary/aromatic N) is 1. The predicted octanol–water partition coefficient (Wildman–Crippen LogP) is 0.184. The Hall–Kier alpha value is -0.620. The van der Waals surface area contributed by atoms with Gasteiger partial charge in [-0.15, -0.1) is 0 Å². The van der Waals surface area contributed by atoms with E-state index in [4.69, 9.17) is 0 Å². The van der Waals surface area contributed by atoms with E-state index in [1.165, 1.54) is 6.92 Å². The Morgan fingerprint density at radius 1 is 1.33 bits per heavy atom. The Labute approximate surface area is 91.9 Å². The molecule has 0 aliphatic heterocycles. The Morgan fingerprint density at radius 2 is 1.93 bits per heavy atom. The second-order valence-corrected chi connectivity index (χ2v) is 5.36. The van der Waals surface area contributed by atoms with Gasteiger partial charge in [-0.3, -0.25) is 4.79 Å². The summed E-state index contributed by atoms with van der Waals surface area (Å²) in [5, 5.41) is 0. The third kappa shape index (κ3) is 8.38. The number of hydrogen-bond donors (Lipinski definition) is 1. The first-order valence-corrected chi connectivity index (χ1v) is 6.96. The summed E-state index contributed by atoms with van der Waals surface area (Å²) >= 11 is 0. The van der Waals surface area contributed by atoms with Crippen molar-refractivity contribution in [1.82, 2.24) is 9.62 Å². The molecule has 1 amide bonds. The van der Waals surface area contributed by atoms with Gasteiger partial charge in [0.1, 0.15) is 0 Å². The van der Waals surface area contributed by atoms with E-state index in [1.54, 1.807) is 4.90 Å². The minimum absolute atomic E-state index is 0.0150. The molecule has 0 saturated carbocycles. The van der Waals surface area contributed by atoms with Crippen LogP contribution in [0.2, 0.25) is 0 Å². The summed E-state index contributed by atoms with van der Waals surface area (Å²) in [5.74, 6) is -0.0150. The van der Waals surface area contributed by atoms with Gasteiger partial charge >= 0.3 is 0 Å². The van der Waals surface area contributed by atoms with Gasteiger partial charge in [0.15, 0.2) is 0 Å². The van der Waals surface area contributed by atoms with Crippen LogP contribution in [0.5, 0.6) is 0 Å². The number of rotatable bonds is 7. The van der Waals surface area contributed by atoms with Crippen molar-refractivity contribution in [2.45, 2.75) is 26.7 Å². The summed E-state index contributed by atoms with van der Waals surface area (Å²) in [4.78, 5) is 12.8. The molecular weight excluding hydrogens is 216 g/mol. The molecule has 0 fully saturated rings. The fourth-order valence-corrected chi connectivity index (χ4v) is 1.60. The van der Waals surface area contributed by atoms with E-state index in [1.807, 2.05) is 6.92 Å².